The number of rotatable bonds is 5. The van der Waals surface area contributed by atoms with Gasteiger partial charge in [-0.05, 0) is 24.3 Å². The Morgan fingerprint density at radius 3 is 2.62 bits per heavy atom. The third-order valence-electron chi connectivity index (χ3n) is 2.92. The van der Waals surface area contributed by atoms with E-state index < -0.39 is 6.36 Å². The molecule has 2 heterocycles. The number of benzene rings is 1. The third kappa shape index (κ3) is 4.07. The van der Waals surface area contributed by atoms with Crippen LogP contribution in [0.2, 0.25) is 0 Å². The highest BCUT2D eigenvalue weighted by atomic mass is 32.2. The highest BCUT2D eigenvalue weighted by Crippen LogP contribution is 2.26. The molecule has 0 fully saturated rings. The van der Waals surface area contributed by atoms with Gasteiger partial charge in [0.25, 0.3) is 0 Å². The van der Waals surface area contributed by atoms with Crippen LogP contribution in [0.3, 0.4) is 0 Å². The number of alkyl halides is 3. The molecule has 0 saturated carbocycles. The number of nitrogens with zero attached hydrogens (tertiary/aromatic N) is 4. The van der Waals surface area contributed by atoms with Gasteiger partial charge in [0.05, 0.1) is 5.75 Å². The fraction of sp³-hybridized carbons (Fsp3) is 0.214. The van der Waals surface area contributed by atoms with Crippen molar-refractivity contribution >= 4 is 11.8 Å². The molecule has 0 aliphatic rings. The highest BCUT2D eigenvalue weighted by Gasteiger charge is 2.31. The van der Waals surface area contributed by atoms with Gasteiger partial charge in [0.15, 0.2) is 5.16 Å². The van der Waals surface area contributed by atoms with Crippen LogP contribution in [0.4, 0.5) is 13.2 Å². The molecule has 10 heteroatoms. The third-order valence-corrected chi connectivity index (χ3v) is 3.96. The summed E-state index contributed by atoms with van der Waals surface area (Å²) in [5.74, 6) is 0.825. The normalized spacial score (nSPS) is 11.7. The molecule has 0 saturated heterocycles. The second kappa shape index (κ2) is 6.56. The molecule has 2 aromatic heterocycles. The Kier molecular flexibility index (Phi) is 4.47. The number of hydrogen-bond donors (Lipinski definition) is 0. The van der Waals surface area contributed by atoms with E-state index in [0.29, 0.717) is 23.0 Å². The van der Waals surface area contributed by atoms with Crippen molar-refractivity contribution in [2.75, 3.05) is 0 Å². The molecule has 0 unspecified atom stereocenters. The van der Waals surface area contributed by atoms with Crippen molar-refractivity contribution < 1.29 is 22.4 Å². The Hall–Kier alpha value is -2.49. The SMILES string of the molecule is Cn1ccnc1SCc1nc(-c2ccc(OC(F)(F)F)cc2)no1. The van der Waals surface area contributed by atoms with Crippen LogP contribution in [-0.2, 0) is 12.8 Å². The van der Waals surface area contributed by atoms with Crippen molar-refractivity contribution in [1.82, 2.24) is 19.7 Å². The van der Waals surface area contributed by atoms with Gasteiger partial charge in [-0.25, -0.2) is 4.98 Å². The largest absolute Gasteiger partial charge is 0.573 e. The molecule has 24 heavy (non-hydrogen) atoms. The lowest BCUT2D eigenvalue weighted by Gasteiger charge is -2.08. The van der Waals surface area contributed by atoms with E-state index >= 15 is 0 Å². The van der Waals surface area contributed by atoms with Gasteiger partial charge in [0.2, 0.25) is 11.7 Å². The monoisotopic (exact) mass is 356 g/mol. The molecule has 0 amide bonds. The fourth-order valence-corrected chi connectivity index (χ4v) is 2.62. The summed E-state index contributed by atoms with van der Waals surface area (Å²) in [6.45, 7) is 0. The van der Waals surface area contributed by atoms with Crippen LogP contribution in [0.5, 0.6) is 5.75 Å². The van der Waals surface area contributed by atoms with Crippen LogP contribution in [0.25, 0.3) is 11.4 Å². The number of halogens is 3. The Bertz CT molecular complexity index is 814. The average Bonchev–Trinajstić information content (AvgIpc) is 3.13. The zero-order valence-corrected chi connectivity index (χ0v) is 13.1. The second-order valence-electron chi connectivity index (χ2n) is 4.69. The van der Waals surface area contributed by atoms with E-state index in [0.717, 1.165) is 5.16 Å². The molecule has 1 aromatic carbocycles. The van der Waals surface area contributed by atoms with Crippen LogP contribution in [0, 0.1) is 0 Å². The quantitative estimate of drug-likeness (QED) is 0.650. The summed E-state index contributed by atoms with van der Waals surface area (Å²) in [5.41, 5.74) is 0.529. The van der Waals surface area contributed by atoms with Crippen molar-refractivity contribution in [3.63, 3.8) is 0 Å². The molecule has 6 nitrogen and oxygen atoms in total. The van der Waals surface area contributed by atoms with Gasteiger partial charge in [0.1, 0.15) is 5.75 Å². The van der Waals surface area contributed by atoms with E-state index in [1.165, 1.54) is 36.0 Å². The van der Waals surface area contributed by atoms with Crippen molar-refractivity contribution in [3.8, 4) is 17.1 Å². The van der Waals surface area contributed by atoms with Crippen LogP contribution >= 0.6 is 11.8 Å². The predicted molar refractivity (Wildman–Crippen MR) is 79.2 cm³/mol. The zero-order chi connectivity index (χ0) is 17.2. The number of thioether (sulfide) groups is 1. The maximum absolute atomic E-state index is 12.1. The fourth-order valence-electron chi connectivity index (χ4n) is 1.85. The molecule has 126 valence electrons. The number of aromatic nitrogens is 4. The molecule has 3 rings (SSSR count). The first-order valence-corrected chi connectivity index (χ1v) is 7.68. The first-order valence-electron chi connectivity index (χ1n) is 6.69. The van der Waals surface area contributed by atoms with Gasteiger partial charge >= 0.3 is 6.36 Å². The molecule has 0 atom stereocenters. The Balaban J connectivity index is 1.65. The van der Waals surface area contributed by atoms with Gasteiger partial charge in [-0.2, -0.15) is 4.98 Å². The topological polar surface area (TPSA) is 66.0 Å². The summed E-state index contributed by atoms with van der Waals surface area (Å²) in [5, 5.41) is 4.63. The highest BCUT2D eigenvalue weighted by molar-refractivity contribution is 7.98. The average molecular weight is 356 g/mol. The van der Waals surface area contributed by atoms with E-state index in [1.807, 2.05) is 17.8 Å². The van der Waals surface area contributed by atoms with Crippen molar-refractivity contribution in [1.29, 1.82) is 0 Å². The van der Waals surface area contributed by atoms with Crippen molar-refractivity contribution in [2.45, 2.75) is 17.3 Å². The summed E-state index contributed by atoms with van der Waals surface area (Å²) in [7, 11) is 1.87. The van der Waals surface area contributed by atoms with Crippen molar-refractivity contribution in [2.24, 2.45) is 7.05 Å². The summed E-state index contributed by atoms with van der Waals surface area (Å²) < 4.78 is 47.2. The number of ether oxygens (including phenoxy) is 1. The van der Waals surface area contributed by atoms with E-state index in [9.17, 15) is 13.2 Å². The van der Waals surface area contributed by atoms with Crippen LogP contribution in [-0.4, -0.2) is 26.1 Å². The van der Waals surface area contributed by atoms with Gasteiger partial charge in [0, 0.05) is 25.0 Å². The maximum atomic E-state index is 12.1. The van der Waals surface area contributed by atoms with Crippen LogP contribution in [0.1, 0.15) is 5.89 Å². The van der Waals surface area contributed by atoms with Crippen LogP contribution < -0.4 is 4.74 Å². The van der Waals surface area contributed by atoms with E-state index in [1.54, 1.807) is 6.20 Å². The zero-order valence-electron chi connectivity index (χ0n) is 12.3. The van der Waals surface area contributed by atoms with E-state index in [-0.39, 0.29) is 5.75 Å². The summed E-state index contributed by atoms with van der Waals surface area (Å²) in [4.78, 5) is 8.38. The Morgan fingerprint density at radius 1 is 1.25 bits per heavy atom. The number of hydrogen-bond acceptors (Lipinski definition) is 6. The molecule has 0 aliphatic carbocycles. The maximum Gasteiger partial charge on any atom is 0.573 e. The lowest BCUT2D eigenvalue weighted by Crippen LogP contribution is -2.16. The summed E-state index contributed by atoms with van der Waals surface area (Å²) in [6, 6.07) is 5.26. The molecule has 0 N–H and O–H groups in total. The lowest BCUT2D eigenvalue weighted by molar-refractivity contribution is -0.274. The predicted octanol–water partition coefficient (Wildman–Crippen LogP) is 3.66. The number of aryl methyl sites for hydroxylation is 1. The van der Waals surface area contributed by atoms with Gasteiger partial charge in [-0.15, -0.1) is 13.2 Å². The molecular weight excluding hydrogens is 345 g/mol. The Labute approximate surface area is 138 Å². The number of imidazole rings is 1. The molecule has 0 spiro atoms. The minimum absolute atomic E-state index is 0.295. The minimum atomic E-state index is -4.72. The van der Waals surface area contributed by atoms with E-state index in [2.05, 4.69) is 19.9 Å². The second-order valence-corrected chi connectivity index (χ2v) is 5.64. The first kappa shape index (κ1) is 16.4. The summed E-state index contributed by atoms with van der Waals surface area (Å²) >= 11 is 1.43. The standard InChI is InChI=1S/C14H11F3N4O2S/c1-21-7-6-18-13(21)24-8-11-19-12(20-23-11)9-2-4-10(5-3-9)22-14(15,16)17/h2-7H,8H2,1H3. The smallest absolute Gasteiger partial charge is 0.406 e. The summed E-state index contributed by atoms with van der Waals surface area (Å²) in [6.07, 6.45) is -1.21. The molecule has 0 radical (unpaired) electrons. The molecule has 0 bridgehead atoms. The van der Waals surface area contributed by atoms with Crippen molar-refractivity contribution in [3.05, 3.63) is 42.5 Å². The lowest BCUT2D eigenvalue weighted by atomic mass is 10.2. The minimum Gasteiger partial charge on any atom is -0.406 e. The van der Waals surface area contributed by atoms with Gasteiger partial charge in [-0.1, -0.05) is 16.9 Å². The molecule has 0 aliphatic heterocycles. The molecular formula is C14H11F3N4O2S. The van der Waals surface area contributed by atoms with E-state index in [4.69, 9.17) is 4.52 Å². The van der Waals surface area contributed by atoms with Gasteiger partial charge < -0.3 is 13.8 Å². The Morgan fingerprint density at radius 2 is 2.00 bits per heavy atom. The molecule has 3 aromatic rings. The first-order chi connectivity index (χ1) is 11.4. The van der Waals surface area contributed by atoms with Crippen LogP contribution in [0.15, 0.2) is 46.3 Å². The van der Waals surface area contributed by atoms with Gasteiger partial charge in [-0.3, -0.25) is 0 Å².